The second-order valence-electron chi connectivity index (χ2n) is 5.05. The molecule has 1 atom stereocenters. The summed E-state index contributed by atoms with van der Waals surface area (Å²) in [5, 5.41) is 12.0. The minimum atomic E-state index is -0.924. The summed E-state index contributed by atoms with van der Waals surface area (Å²) in [5.74, 6) is -1.28. The van der Waals surface area contributed by atoms with Crippen molar-refractivity contribution in [3.05, 3.63) is 59.5 Å². The molecule has 0 aliphatic heterocycles. The highest BCUT2D eigenvalue weighted by molar-refractivity contribution is 5.95. The summed E-state index contributed by atoms with van der Waals surface area (Å²) in [4.78, 5) is 23.5. The summed E-state index contributed by atoms with van der Waals surface area (Å²) >= 11 is 0. The average molecular weight is 301 g/mol. The van der Waals surface area contributed by atoms with Gasteiger partial charge < -0.3 is 14.8 Å². The number of carboxylic acids is 1. The van der Waals surface area contributed by atoms with Crippen LogP contribution in [0.1, 0.15) is 28.6 Å². The van der Waals surface area contributed by atoms with Crippen LogP contribution in [0.3, 0.4) is 0 Å². The van der Waals surface area contributed by atoms with Crippen LogP contribution in [0.15, 0.2) is 47.1 Å². The lowest BCUT2D eigenvalue weighted by Gasteiger charge is -2.13. The Bertz CT molecular complexity index is 633. The van der Waals surface area contributed by atoms with E-state index in [1.807, 2.05) is 37.3 Å². The highest BCUT2D eigenvalue weighted by Crippen LogP contribution is 2.12. The smallest absolute Gasteiger partial charge is 0.308 e. The fraction of sp³-hybridized carbons (Fsp3) is 0.294. The Morgan fingerprint density at radius 2 is 1.95 bits per heavy atom. The van der Waals surface area contributed by atoms with E-state index in [1.165, 1.54) is 6.26 Å². The molecule has 0 radical (unpaired) electrons. The van der Waals surface area contributed by atoms with Gasteiger partial charge in [0.2, 0.25) is 0 Å². The number of carbonyl (C=O) groups excluding carboxylic acids is 1. The molecule has 116 valence electrons. The molecule has 1 amide bonds. The predicted molar refractivity (Wildman–Crippen MR) is 81.7 cm³/mol. The second kappa shape index (κ2) is 7.45. The van der Waals surface area contributed by atoms with Crippen LogP contribution in [-0.2, 0) is 17.6 Å². The first kappa shape index (κ1) is 15.8. The van der Waals surface area contributed by atoms with Gasteiger partial charge in [-0.05, 0) is 18.1 Å². The third-order valence-corrected chi connectivity index (χ3v) is 3.49. The zero-order chi connectivity index (χ0) is 15.9. The van der Waals surface area contributed by atoms with Crippen molar-refractivity contribution in [2.45, 2.75) is 19.8 Å². The van der Waals surface area contributed by atoms with Gasteiger partial charge >= 0.3 is 5.97 Å². The van der Waals surface area contributed by atoms with Gasteiger partial charge in [-0.15, -0.1) is 0 Å². The number of furan rings is 1. The van der Waals surface area contributed by atoms with E-state index in [9.17, 15) is 14.7 Å². The minimum absolute atomic E-state index is 0.0807. The van der Waals surface area contributed by atoms with E-state index in [1.54, 1.807) is 6.07 Å². The largest absolute Gasteiger partial charge is 0.481 e. The summed E-state index contributed by atoms with van der Waals surface area (Å²) in [6, 6.07) is 11.0. The minimum Gasteiger partial charge on any atom is -0.481 e. The second-order valence-corrected chi connectivity index (χ2v) is 5.05. The molecule has 0 spiro atoms. The summed E-state index contributed by atoms with van der Waals surface area (Å²) in [6.07, 6.45) is 2.46. The molecular formula is C17H19NO4. The summed E-state index contributed by atoms with van der Waals surface area (Å²) < 4.78 is 5.21. The van der Waals surface area contributed by atoms with Gasteiger partial charge in [-0.2, -0.15) is 0 Å². The average Bonchev–Trinajstić information content (AvgIpc) is 3.00. The van der Waals surface area contributed by atoms with E-state index in [2.05, 4.69) is 5.32 Å². The monoisotopic (exact) mass is 301 g/mol. The molecular weight excluding hydrogens is 282 g/mol. The number of aliphatic carboxylic acids is 1. The van der Waals surface area contributed by atoms with Gasteiger partial charge in [-0.1, -0.05) is 37.3 Å². The van der Waals surface area contributed by atoms with Crippen molar-refractivity contribution in [2.24, 2.45) is 5.92 Å². The van der Waals surface area contributed by atoms with Crippen molar-refractivity contribution in [2.75, 3.05) is 6.54 Å². The van der Waals surface area contributed by atoms with Crippen molar-refractivity contribution in [1.82, 2.24) is 5.32 Å². The number of amides is 1. The number of aryl methyl sites for hydroxylation is 1. The van der Waals surface area contributed by atoms with Gasteiger partial charge in [0.05, 0.1) is 17.7 Å². The normalized spacial score (nSPS) is 11.9. The molecule has 2 aromatic rings. The van der Waals surface area contributed by atoms with Crippen LogP contribution in [0.4, 0.5) is 0 Å². The maximum Gasteiger partial charge on any atom is 0.308 e. The standard InChI is InChI=1S/C17H19NO4/c1-2-15-14(8-9-22-15)16(19)18-11-13(17(20)21)10-12-6-4-3-5-7-12/h3-9,13H,2,10-11H2,1H3,(H,18,19)(H,20,21). The Morgan fingerprint density at radius 1 is 1.23 bits per heavy atom. The van der Waals surface area contributed by atoms with Crippen LogP contribution in [0.25, 0.3) is 0 Å². The van der Waals surface area contributed by atoms with E-state index in [4.69, 9.17) is 4.42 Å². The Kier molecular flexibility index (Phi) is 5.36. The van der Waals surface area contributed by atoms with Crippen LogP contribution in [0.5, 0.6) is 0 Å². The molecule has 22 heavy (non-hydrogen) atoms. The fourth-order valence-corrected chi connectivity index (χ4v) is 2.27. The number of rotatable bonds is 7. The zero-order valence-electron chi connectivity index (χ0n) is 12.4. The molecule has 5 nitrogen and oxygen atoms in total. The van der Waals surface area contributed by atoms with E-state index >= 15 is 0 Å². The number of nitrogens with one attached hydrogen (secondary N) is 1. The maximum atomic E-state index is 12.1. The third kappa shape index (κ3) is 3.97. The molecule has 5 heteroatoms. The van der Waals surface area contributed by atoms with E-state index < -0.39 is 11.9 Å². The van der Waals surface area contributed by atoms with Crippen LogP contribution < -0.4 is 5.32 Å². The summed E-state index contributed by atoms with van der Waals surface area (Å²) in [7, 11) is 0. The summed E-state index contributed by atoms with van der Waals surface area (Å²) in [5.41, 5.74) is 1.40. The fourth-order valence-electron chi connectivity index (χ4n) is 2.27. The van der Waals surface area contributed by atoms with Crippen molar-refractivity contribution < 1.29 is 19.1 Å². The number of hydrogen-bond acceptors (Lipinski definition) is 3. The van der Waals surface area contributed by atoms with Gasteiger partial charge in [0, 0.05) is 13.0 Å². The van der Waals surface area contributed by atoms with Gasteiger partial charge in [-0.3, -0.25) is 9.59 Å². The molecule has 0 saturated heterocycles. The van der Waals surface area contributed by atoms with E-state index in [-0.39, 0.29) is 12.5 Å². The molecule has 0 bridgehead atoms. The Balaban J connectivity index is 1.97. The molecule has 1 aromatic carbocycles. The highest BCUT2D eigenvalue weighted by Gasteiger charge is 2.20. The van der Waals surface area contributed by atoms with E-state index in [0.29, 0.717) is 24.2 Å². The quantitative estimate of drug-likeness (QED) is 0.823. The zero-order valence-corrected chi connectivity index (χ0v) is 12.4. The number of hydrogen-bond donors (Lipinski definition) is 2. The topological polar surface area (TPSA) is 79.5 Å². The molecule has 2 N–H and O–H groups in total. The van der Waals surface area contributed by atoms with Crippen LogP contribution >= 0.6 is 0 Å². The van der Waals surface area contributed by atoms with Gasteiger partial charge in [0.15, 0.2) is 0 Å². The van der Waals surface area contributed by atoms with Gasteiger partial charge in [0.1, 0.15) is 5.76 Å². The maximum absolute atomic E-state index is 12.1. The highest BCUT2D eigenvalue weighted by atomic mass is 16.4. The first-order valence-corrected chi connectivity index (χ1v) is 7.23. The molecule has 2 rings (SSSR count). The van der Waals surface area contributed by atoms with E-state index in [0.717, 1.165) is 5.56 Å². The lowest BCUT2D eigenvalue weighted by atomic mass is 9.99. The van der Waals surface area contributed by atoms with Crippen LogP contribution in [0.2, 0.25) is 0 Å². The Labute approximate surface area is 129 Å². The Morgan fingerprint density at radius 3 is 2.59 bits per heavy atom. The van der Waals surface area contributed by atoms with Crippen molar-refractivity contribution in [3.8, 4) is 0 Å². The third-order valence-electron chi connectivity index (χ3n) is 3.49. The van der Waals surface area contributed by atoms with Gasteiger partial charge in [-0.25, -0.2) is 0 Å². The van der Waals surface area contributed by atoms with Crippen LogP contribution in [0, 0.1) is 5.92 Å². The lowest BCUT2D eigenvalue weighted by molar-refractivity contribution is -0.141. The first-order valence-electron chi connectivity index (χ1n) is 7.23. The molecule has 0 saturated carbocycles. The van der Waals surface area contributed by atoms with Crippen LogP contribution in [-0.4, -0.2) is 23.5 Å². The molecule has 0 aliphatic carbocycles. The number of carboxylic acid groups (broad SMARTS) is 1. The van der Waals surface area contributed by atoms with Crippen molar-refractivity contribution in [3.63, 3.8) is 0 Å². The van der Waals surface area contributed by atoms with Crippen molar-refractivity contribution in [1.29, 1.82) is 0 Å². The molecule has 0 fully saturated rings. The van der Waals surface area contributed by atoms with Crippen molar-refractivity contribution >= 4 is 11.9 Å². The Hall–Kier alpha value is -2.56. The first-order chi connectivity index (χ1) is 10.6. The summed E-state index contributed by atoms with van der Waals surface area (Å²) in [6.45, 7) is 1.97. The molecule has 0 aliphatic rings. The number of carbonyl (C=O) groups is 2. The molecule has 1 unspecified atom stereocenters. The predicted octanol–water partition coefficient (Wildman–Crippen LogP) is 2.52. The molecule has 1 heterocycles. The van der Waals surface area contributed by atoms with Gasteiger partial charge in [0.25, 0.3) is 5.91 Å². The molecule has 1 aromatic heterocycles. The number of benzene rings is 1. The SMILES string of the molecule is CCc1occc1C(=O)NCC(Cc1ccccc1)C(=O)O. The lowest BCUT2D eigenvalue weighted by Crippen LogP contribution is -2.34.